The van der Waals surface area contributed by atoms with Crippen molar-refractivity contribution in [1.82, 2.24) is 10.2 Å². The zero-order valence-corrected chi connectivity index (χ0v) is 10.8. The normalized spacial score (nSPS) is 22.0. The van der Waals surface area contributed by atoms with Gasteiger partial charge in [-0.15, -0.1) is 0 Å². The van der Waals surface area contributed by atoms with Gasteiger partial charge in [-0.25, -0.2) is 0 Å². The molecule has 0 bridgehead atoms. The molecule has 1 atom stereocenters. The quantitative estimate of drug-likeness (QED) is 0.708. The van der Waals surface area contributed by atoms with Crippen molar-refractivity contribution in [2.75, 3.05) is 38.2 Å². The maximum atomic E-state index is 11.2. The number of aliphatic hydroxyl groups excluding tert-OH is 1. The summed E-state index contributed by atoms with van der Waals surface area (Å²) < 4.78 is 0. The Morgan fingerprint density at radius 3 is 3.06 bits per heavy atom. The van der Waals surface area contributed by atoms with E-state index in [1.54, 1.807) is 0 Å². The molecule has 2 N–H and O–H groups in total. The Morgan fingerprint density at radius 2 is 2.38 bits per heavy atom. The standard InChI is InChI=1S/C11H22N2O2S/c1-16-9-11(15)12-5-7-13-6-3-2-4-10(13)8-14/h10,14H,2-9H2,1H3,(H,12,15). The second-order valence-corrected chi connectivity index (χ2v) is 5.02. The van der Waals surface area contributed by atoms with Crippen molar-refractivity contribution in [1.29, 1.82) is 0 Å². The highest BCUT2D eigenvalue weighted by Gasteiger charge is 2.20. The molecular weight excluding hydrogens is 224 g/mol. The van der Waals surface area contributed by atoms with Crippen LogP contribution in [-0.2, 0) is 4.79 Å². The summed E-state index contributed by atoms with van der Waals surface area (Å²) in [6.07, 6.45) is 5.41. The molecule has 0 aliphatic carbocycles. The van der Waals surface area contributed by atoms with Gasteiger partial charge in [-0.05, 0) is 25.6 Å². The number of rotatable bonds is 6. The molecule has 1 fully saturated rings. The Kier molecular flexibility index (Phi) is 6.84. The molecule has 0 aromatic heterocycles. The van der Waals surface area contributed by atoms with Crippen LogP contribution >= 0.6 is 11.8 Å². The number of amides is 1. The Balaban J connectivity index is 2.17. The molecule has 94 valence electrons. The van der Waals surface area contributed by atoms with Gasteiger partial charge >= 0.3 is 0 Å². The fourth-order valence-corrected chi connectivity index (χ4v) is 2.45. The lowest BCUT2D eigenvalue weighted by atomic mass is 10.0. The molecule has 1 rings (SSSR count). The van der Waals surface area contributed by atoms with Crippen LogP contribution in [0, 0.1) is 0 Å². The third-order valence-corrected chi connectivity index (χ3v) is 3.51. The molecule has 1 saturated heterocycles. The van der Waals surface area contributed by atoms with Gasteiger partial charge in [0.05, 0.1) is 12.4 Å². The number of nitrogens with one attached hydrogen (secondary N) is 1. The summed E-state index contributed by atoms with van der Waals surface area (Å²) in [5.74, 6) is 0.633. The van der Waals surface area contributed by atoms with Crippen LogP contribution in [-0.4, -0.2) is 60.2 Å². The third kappa shape index (κ3) is 4.72. The largest absolute Gasteiger partial charge is 0.395 e. The van der Waals surface area contributed by atoms with Crippen LogP contribution in [0.5, 0.6) is 0 Å². The predicted octanol–water partition coefficient (Wildman–Crippen LogP) is 0.312. The molecule has 0 saturated carbocycles. The van der Waals surface area contributed by atoms with E-state index >= 15 is 0 Å². The highest BCUT2D eigenvalue weighted by molar-refractivity contribution is 7.99. The van der Waals surface area contributed by atoms with Gasteiger partial charge in [-0.2, -0.15) is 11.8 Å². The Hall–Kier alpha value is -0.260. The van der Waals surface area contributed by atoms with Crippen LogP contribution in [0.15, 0.2) is 0 Å². The van der Waals surface area contributed by atoms with Crippen molar-refractivity contribution in [3.63, 3.8) is 0 Å². The monoisotopic (exact) mass is 246 g/mol. The summed E-state index contributed by atoms with van der Waals surface area (Å²) in [6, 6.07) is 0.297. The summed E-state index contributed by atoms with van der Waals surface area (Å²) in [6.45, 7) is 2.82. The van der Waals surface area contributed by atoms with Crippen LogP contribution < -0.4 is 5.32 Å². The summed E-state index contributed by atoms with van der Waals surface area (Å²) in [4.78, 5) is 13.5. The maximum Gasteiger partial charge on any atom is 0.230 e. The molecule has 1 unspecified atom stereocenters. The van der Waals surface area contributed by atoms with Crippen LogP contribution in [0.4, 0.5) is 0 Å². The van der Waals surface area contributed by atoms with Crippen LogP contribution in [0.25, 0.3) is 0 Å². The van der Waals surface area contributed by atoms with Gasteiger partial charge in [0.1, 0.15) is 0 Å². The third-order valence-electron chi connectivity index (χ3n) is 2.96. The molecule has 0 aromatic carbocycles. The first-order valence-electron chi connectivity index (χ1n) is 5.88. The van der Waals surface area contributed by atoms with Crippen LogP contribution in [0.2, 0.25) is 0 Å². The molecule has 0 aromatic rings. The van der Waals surface area contributed by atoms with E-state index in [1.807, 2.05) is 6.26 Å². The number of carbonyl (C=O) groups excluding carboxylic acids is 1. The SMILES string of the molecule is CSCC(=O)NCCN1CCCCC1CO. The molecule has 0 radical (unpaired) electrons. The molecule has 1 aliphatic rings. The molecule has 1 amide bonds. The van der Waals surface area contributed by atoms with Gasteiger partial charge in [-0.3, -0.25) is 9.69 Å². The average molecular weight is 246 g/mol. The maximum absolute atomic E-state index is 11.2. The zero-order valence-electron chi connectivity index (χ0n) is 9.95. The number of carbonyl (C=O) groups is 1. The van der Waals surface area contributed by atoms with E-state index in [4.69, 9.17) is 0 Å². The number of likely N-dealkylation sites (tertiary alicyclic amines) is 1. The second kappa shape index (κ2) is 7.92. The van der Waals surface area contributed by atoms with Gasteiger partial charge < -0.3 is 10.4 Å². The Bertz CT molecular complexity index is 214. The van der Waals surface area contributed by atoms with Gasteiger partial charge in [0.2, 0.25) is 5.91 Å². The molecule has 1 aliphatic heterocycles. The zero-order chi connectivity index (χ0) is 11.8. The van der Waals surface area contributed by atoms with Gasteiger partial charge in [0.25, 0.3) is 0 Å². The van der Waals surface area contributed by atoms with Crippen LogP contribution in [0.1, 0.15) is 19.3 Å². The number of nitrogens with zero attached hydrogens (tertiary/aromatic N) is 1. The number of hydrogen-bond donors (Lipinski definition) is 2. The van der Waals surface area contributed by atoms with Gasteiger partial charge in [0, 0.05) is 19.1 Å². The minimum atomic E-state index is 0.102. The van der Waals surface area contributed by atoms with Crippen molar-refractivity contribution in [2.24, 2.45) is 0 Å². The summed E-state index contributed by atoms with van der Waals surface area (Å²) >= 11 is 1.54. The lowest BCUT2D eigenvalue weighted by molar-refractivity contribution is -0.118. The molecule has 4 nitrogen and oxygen atoms in total. The minimum Gasteiger partial charge on any atom is -0.395 e. The second-order valence-electron chi connectivity index (χ2n) is 4.15. The van der Waals surface area contributed by atoms with Gasteiger partial charge in [-0.1, -0.05) is 6.42 Å². The topological polar surface area (TPSA) is 52.6 Å². The Morgan fingerprint density at radius 1 is 1.56 bits per heavy atom. The molecule has 0 spiro atoms. The van der Waals surface area contributed by atoms with E-state index in [0.29, 0.717) is 18.3 Å². The van der Waals surface area contributed by atoms with E-state index in [0.717, 1.165) is 19.5 Å². The smallest absolute Gasteiger partial charge is 0.230 e. The van der Waals surface area contributed by atoms with E-state index in [-0.39, 0.29) is 12.5 Å². The fourth-order valence-electron chi connectivity index (χ4n) is 2.08. The van der Waals surface area contributed by atoms with Crippen molar-refractivity contribution in [2.45, 2.75) is 25.3 Å². The molecule has 16 heavy (non-hydrogen) atoms. The molecular formula is C11H22N2O2S. The number of piperidine rings is 1. The van der Waals surface area contributed by atoms with Crippen molar-refractivity contribution < 1.29 is 9.90 Å². The van der Waals surface area contributed by atoms with Crippen molar-refractivity contribution in [3.8, 4) is 0 Å². The summed E-state index contributed by atoms with van der Waals surface area (Å²) in [7, 11) is 0. The summed E-state index contributed by atoms with van der Waals surface area (Å²) in [5, 5.41) is 12.1. The first-order valence-corrected chi connectivity index (χ1v) is 7.28. The highest BCUT2D eigenvalue weighted by Crippen LogP contribution is 2.15. The molecule has 5 heteroatoms. The van der Waals surface area contributed by atoms with E-state index < -0.39 is 0 Å². The van der Waals surface area contributed by atoms with E-state index in [1.165, 1.54) is 24.6 Å². The average Bonchev–Trinajstić information content (AvgIpc) is 2.30. The van der Waals surface area contributed by atoms with Gasteiger partial charge in [0.15, 0.2) is 0 Å². The first-order chi connectivity index (χ1) is 7.77. The number of hydrogen-bond acceptors (Lipinski definition) is 4. The predicted molar refractivity (Wildman–Crippen MR) is 67.7 cm³/mol. The van der Waals surface area contributed by atoms with Crippen molar-refractivity contribution >= 4 is 17.7 Å². The minimum absolute atomic E-state index is 0.102. The fraction of sp³-hybridized carbons (Fsp3) is 0.909. The summed E-state index contributed by atoms with van der Waals surface area (Å²) in [5.41, 5.74) is 0. The highest BCUT2D eigenvalue weighted by atomic mass is 32.2. The Labute approximate surface area is 102 Å². The number of thioether (sulfide) groups is 1. The first kappa shape index (κ1) is 13.8. The lowest BCUT2D eigenvalue weighted by Crippen LogP contribution is -2.45. The van der Waals surface area contributed by atoms with E-state index in [9.17, 15) is 9.90 Å². The van der Waals surface area contributed by atoms with Crippen LogP contribution in [0.3, 0.4) is 0 Å². The molecule has 1 heterocycles. The lowest BCUT2D eigenvalue weighted by Gasteiger charge is -2.34. The number of aliphatic hydroxyl groups is 1. The van der Waals surface area contributed by atoms with Crippen molar-refractivity contribution in [3.05, 3.63) is 0 Å². The van der Waals surface area contributed by atoms with E-state index in [2.05, 4.69) is 10.2 Å².